The van der Waals surface area contributed by atoms with E-state index in [0.29, 0.717) is 5.92 Å². The van der Waals surface area contributed by atoms with Crippen molar-refractivity contribution in [1.29, 1.82) is 0 Å². The zero-order valence-corrected chi connectivity index (χ0v) is 16.0. The minimum atomic E-state index is -0.786. The van der Waals surface area contributed by atoms with E-state index in [9.17, 15) is 9.59 Å². The first-order chi connectivity index (χ1) is 13.0. The van der Waals surface area contributed by atoms with Gasteiger partial charge in [-0.15, -0.1) is 0 Å². The number of carbonyl (C=O) groups is 2. The monoisotopic (exact) mass is 374 g/mol. The summed E-state index contributed by atoms with van der Waals surface area (Å²) >= 11 is 0. The first kappa shape index (κ1) is 19.6. The van der Waals surface area contributed by atoms with Gasteiger partial charge in [-0.1, -0.05) is 6.07 Å². The van der Waals surface area contributed by atoms with E-state index in [4.69, 9.17) is 5.73 Å². The number of piperidine rings is 1. The average Bonchev–Trinajstić information content (AvgIpc) is 2.68. The molecule has 0 saturated carbocycles. The lowest BCUT2D eigenvalue weighted by Gasteiger charge is -2.40. The van der Waals surface area contributed by atoms with E-state index in [0.717, 1.165) is 58.1 Å². The maximum absolute atomic E-state index is 12.0. The number of likely N-dealkylation sites (tertiary alicyclic amines) is 1. The second-order valence-electron chi connectivity index (χ2n) is 7.51. The van der Waals surface area contributed by atoms with Crippen LogP contribution in [0.5, 0.6) is 0 Å². The number of pyridine rings is 1. The van der Waals surface area contributed by atoms with Crippen LogP contribution >= 0.6 is 0 Å². The SMILES string of the molecule is C[C@@H](C(=O)NC(N)=O)N1CCC[C@@H](CN2CCN(c3ccccn3)CC2)C1. The summed E-state index contributed by atoms with van der Waals surface area (Å²) in [6, 6.07) is 4.92. The number of urea groups is 1. The molecule has 148 valence electrons. The van der Waals surface area contributed by atoms with Crippen LogP contribution in [0.25, 0.3) is 0 Å². The topological polar surface area (TPSA) is 94.8 Å². The number of hydrogen-bond acceptors (Lipinski definition) is 6. The molecule has 8 nitrogen and oxygen atoms in total. The van der Waals surface area contributed by atoms with Crippen LogP contribution in [-0.2, 0) is 4.79 Å². The summed E-state index contributed by atoms with van der Waals surface area (Å²) in [6.45, 7) is 8.71. The number of primary amides is 1. The van der Waals surface area contributed by atoms with Crippen LogP contribution in [0.1, 0.15) is 19.8 Å². The molecule has 0 spiro atoms. The van der Waals surface area contributed by atoms with E-state index in [1.807, 2.05) is 25.3 Å². The Morgan fingerprint density at radius 3 is 2.70 bits per heavy atom. The molecule has 8 heteroatoms. The van der Waals surface area contributed by atoms with Gasteiger partial charge in [0.2, 0.25) is 5.91 Å². The van der Waals surface area contributed by atoms with Gasteiger partial charge in [0.1, 0.15) is 5.82 Å². The Morgan fingerprint density at radius 1 is 1.26 bits per heavy atom. The van der Waals surface area contributed by atoms with E-state index >= 15 is 0 Å². The number of anilines is 1. The number of hydrogen-bond donors (Lipinski definition) is 2. The minimum absolute atomic E-state index is 0.313. The maximum atomic E-state index is 12.0. The van der Waals surface area contributed by atoms with E-state index in [1.165, 1.54) is 6.42 Å². The summed E-state index contributed by atoms with van der Waals surface area (Å²) in [5.41, 5.74) is 5.06. The third-order valence-corrected chi connectivity index (χ3v) is 5.59. The standard InChI is InChI=1S/C19H30N6O2/c1-15(18(26)22-19(20)27)25-8-4-5-16(14-25)13-23-9-11-24(12-10-23)17-6-2-3-7-21-17/h2-3,6-7,15-16H,4-5,8-14H2,1H3,(H3,20,22,26,27)/t15-,16-/m0/s1. The zero-order chi connectivity index (χ0) is 19.2. The smallest absolute Gasteiger partial charge is 0.318 e. The summed E-state index contributed by atoms with van der Waals surface area (Å²) < 4.78 is 0. The lowest BCUT2D eigenvalue weighted by atomic mass is 9.96. The molecule has 0 bridgehead atoms. The van der Waals surface area contributed by atoms with Crippen LogP contribution in [-0.4, -0.2) is 78.6 Å². The van der Waals surface area contributed by atoms with E-state index in [1.54, 1.807) is 0 Å². The molecule has 3 rings (SSSR count). The van der Waals surface area contributed by atoms with Gasteiger partial charge < -0.3 is 10.6 Å². The average molecular weight is 374 g/mol. The van der Waals surface area contributed by atoms with Crippen molar-refractivity contribution in [3.05, 3.63) is 24.4 Å². The Bertz CT molecular complexity index is 632. The second kappa shape index (κ2) is 9.14. The van der Waals surface area contributed by atoms with Gasteiger partial charge >= 0.3 is 6.03 Å². The number of nitrogens with zero attached hydrogens (tertiary/aromatic N) is 4. The first-order valence-corrected chi connectivity index (χ1v) is 9.75. The molecule has 3 heterocycles. The first-order valence-electron chi connectivity index (χ1n) is 9.75. The molecule has 1 aromatic heterocycles. The van der Waals surface area contributed by atoms with Crippen molar-refractivity contribution in [3.63, 3.8) is 0 Å². The highest BCUT2D eigenvalue weighted by Crippen LogP contribution is 2.21. The van der Waals surface area contributed by atoms with Crippen molar-refractivity contribution in [2.24, 2.45) is 11.7 Å². The van der Waals surface area contributed by atoms with Gasteiger partial charge in [0.15, 0.2) is 0 Å². The van der Waals surface area contributed by atoms with Gasteiger partial charge in [0, 0.05) is 45.5 Å². The van der Waals surface area contributed by atoms with E-state index in [-0.39, 0.29) is 11.9 Å². The third kappa shape index (κ3) is 5.40. The Labute approximate surface area is 160 Å². The number of rotatable bonds is 5. The van der Waals surface area contributed by atoms with Crippen LogP contribution in [0.2, 0.25) is 0 Å². The Kier molecular flexibility index (Phi) is 6.63. The second-order valence-corrected chi connectivity index (χ2v) is 7.51. The van der Waals surface area contributed by atoms with Crippen LogP contribution < -0.4 is 16.0 Å². The quantitative estimate of drug-likeness (QED) is 0.779. The van der Waals surface area contributed by atoms with Crippen LogP contribution in [0.4, 0.5) is 10.6 Å². The van der Waals surface area contributed by atoms with Crippen LogP contribution in [0, 0.1) is 5.92 Å². The highest BCUT2D eigenvalue weighted by atomic mass is 16.2. The van der Waals surface area contributed by atoms with Crippen LogP contribution in [0.3, 0.4) is 0 Å². The van der Waals surface area contributed by atoms with Gasteiger partial charge in [-0.3, -0.25) is 19.9 Å². The van der Waals surface area contributed by atoms with Crippen molar-refractivity contribution in [3.8, 4) is 0 Å². The number of nitrogens with two attached hydrogens (primary N) is 1. The number of amides is 3. The van der Waals surface area contributed by atoms with Crippen molar-refractivity contribution >= 4 is 17.8 Å². The molecule has 27 heavy (non-hydrogen) atoms. The van der Waals surface area contributed by atoms with Gasteiger partial charge in [-0.05, 0) is 44.4 Å². The summed E-state index contributed by atoms with van der Waals surface area (Å²) in [6.07, 6.45) is 4.10. The molecular weight excluding hydrogens is 344 g/mol. The van der Waals surface area contributed by atoms with E-state index < -0.39 is 6.03 Å². The van der Waals surface area contributed by atoms with Crippen molar-refractivity contribution < 1.29 is 9.59 Å². The molecule has 0 aliphatic carbocycles. The number of piperazine rings is 1. The molecular formula is C19H30N6O2. The fourth-order valence-corrected chi connectivity index (χ4v) is 4.06. The lowest BCUT2D eigenvalue weighted by Crippen LogP contribution is -2.53. The maximum Gasteiger partial charge on any atom is 0.318 e. The van der Waals surface area contributed by atoms with Crippen LogP contribution in [0.15, 0.2) is 24.4 Å². The summed E-state index contributed by atoms with van der Waals surface area (Å²) in [7, 11) is 0. The minimum Gasteiger partial charge on any atom is -0.354 e. The largest absolute Gasteiger partial charge is 0.354 e. The normalized spacial score (nSPS) is 23.0. The molecule has 0 radical (unpaired) electrons. The molecule has 2 aliphatic heterocycles. The molecule has 3 N–H and O–H groups in total. The Hall–Kier alpha value is -2.19. The predicted octanol–water partition coefficient (Wildman–Crippen LogP) is 0.499. The Balaban J connectivity index is 1.46. The molecule has 2 aliphatic rings. The fraction of sp³-hybridized carbons (Fsp3) is 0.632. The van der Waals surface area contributed by atoms with Crippen molar-refractivity contribution in [1.82, 2.24) is 20.1 Å². The van der Waals surface area contributed by atoms with E-state index in [2.05, 4.69) is 31.1 Å². The molecule has 0 aromatic carbocycles. The number of nitrogens with one attached hydrogen (secondary N) is 1. The highest BCUT2D eigenvalue weighted by Gasteiger charge is 2.29. The number of imide groups is 1. The third-order valence-electron chi connectivity index (χ3n) is 5.59. The molecule has 1 aromatic rings. The summed E-state index contributed by atoms with van der Waals surface area (Å²) in [4.78, 5) is 34.4. The number of aromatic nitrogens is 1. The summed E-state index contributed by atoms with van der Waals surface area (Å²) in [5.74, 6) is 1.28. The number of carbonyl (C=O) groups excluding carboxylic acids is 2. The zero-order valence-electron chi connectivity index (χ0n) is 16.0. The highest BCUT2D eigenvalue weighted by molar-refractivity contribution is 5.96. The van der Waals surface area contributed by atoms with Gasteiger partial charge in [0.05, 0.1) is 6.04 Å². The summed E-state index contributed by atoms with van der Waals surface area (Å²) in [5, 5.41) is 2.19. The molecule has 2 atom stereocenters. The van der Waals surface area contributed by atoms with Gasteiger partial charge in [-0.25, -0.2) is 9.78 Å². The molecule has 3 amide bonds. The molecule has 2 fully saturated rings. The predicted molar refractivity (Wildman–Crippen MR) is 104 cm³/mol. The Morgan fingerprint density at radius 2 is 2.04 bits per heavy atom. The van der Waals surface area contributed by atoms with Gasteiger partial charge in [0.25, 0.3) is 0 Å². The molecule has 2 saturated heterocycles. The van der Waals surface area contributed by atoms with Crippen molar-refractivity contribution in [2.75, 3.05) is 50.7 Å². The molecule has 0 unspecified atom stereocenters. The van der Waals surface area contributed by atoms with Gasteiger partial charge in [-0.2, -0.15) is 0 Å². The van der Waals surface area contributed by atoms with Crippen molar-refractivity contribution in [2.45, 2.75) is 25.8 Å². The fourth-order valence-electron chi connectivity index (χ4n) is 4.06. The lowest BCUT2D eigenvalue weighted by molar-refractivity contribution is -0.125.